The van der Waals surface area contributed by atoms with Crippen LogP contribution in [0.2, 0.25) is 0 Å². The minimum atomic E-state index is 0.0631. The predicted molar refractivity (Wildman–Crippen MR) is 106 cm³/mol. The molecule has 0 aromatic carbocycles. The van der Waals surface area contributed by atoms with Gasteiger partial charge in [0, 0.05) is 63.6 Å². The van der Waals surface area contributed by atoms with Gasteiger partial charge in [0.15, 0.2) is 0 Å². The number of carbonyl (C=O) groups excluding carboxylic acids is 1. The summed E-state index contributed by atoms with van der Waals surface area (Å²) in [5.41, 5.74) is 3.11. The van der Waals surface area contributed by atoms with Crippen LogP contribution in [0.3, 0.4) is 0 Å². The van der Waals surface area contributed by atoms with Gasteiger partial charge in [-0.25, -0.2) is 20.0 Å². The van der Waals surface area contributed by atoms with Gasteiger partial charge < -0.3 is 9.80 Å². The normalized spacial score (nSPS) is 19.7. The molecule has 4 rings (SSSR count). The molecule has 0 unspecified atom stereocenters. The first-order chi connectivity index (χ1) is 13.6. The van der Waals surface area contributed by atoms with Gasteiger partial charge in [-0.3, -0.25) is 14.8 Å². The summed E-state index contributed by atoms with van der Waals surface area (Å²) in [4.78, 5) is 30.2. The summed E-state index contributed by atoms with van der Waals surface area (Å²) in [5.74, 6) is 2.82. The summed E-state index contributed by atoms with van der Waals surface area (Å²) in [7, 11) is 2.11. The quantitative estimate of drug-likeness (QED) is 0.820. The van der Waals surface area contributed by atoms with E-state index in [1.807, 2.05) is 23.8 Å². The lowest BCUT2D eigenvalue weighted by Gasteiger charge is -2.35. The van der Waals surface area contributed by atoms with Crippen molar-refractivity contribution in [2.45, 2.75) is 19.8 Å². The molecule has 0 saturated carbocycles. The smallest absolute Gasteiger partial charge is 0.237 e. The van der Waals surface area contributed by atoms with Crippen LogP contribution < -0.4 is 10.3 Å². The number of carbonyl (C=O) groups is 1. The molecule has 0 spiro atoms. The lowest BCUT2D eigenvalue weighted by molar-refractivity contribution is -0.131. The number of amides is 1. The Balaban J connectivity index is 1.33. The van der Waals surface area contributed by atoms with Crippen LogP contribution in [-0.4, -0.2) is 81.7 Å². The van der Waals surface area contributed by atoms with E-state index in [0.717, 1.165) is 69.6 Å². The summed E-state index contributed by atoms with van der Waals surface area (Å²) >= 11 is 0. The van der Waals surface area contributed by atoms with Crippen LogP contribution in [0.5, 0.6) is 0 Å². The average Bonchev–Trinajstić information content (AvgIpc) is 3.16. The molecule has 0 radical (unpaired) electrons. The van der Waals surface area contributed by atoms with Crippen molar-refractivity contribution >= 4 is 11.7 Å². The van der Waals surface area contributed by atoms with Crippen molar-refractivity contribution in [3.05, 3.63) is 30.6 Å². The highest BCUT2D eigenvalue weighted by atomic mass is 16.2. The van der Waals surface area contributed by atoms with Gasteiger partial charge in [0.1, 0.15) is 23.8 Å². The van der Waals surface area contributed by atoms with E-state index in [9.17, 15) is 4.79 Å². The Labute approximate surface area is 165 Å². The van der Waals surface area contributed by atoms with Gasteiger partial charge in [-0.15, -0.1) is 0 Å². The number of piperidine rings is 1. The minimum absolute atomic E-state index is 0.0631. The third-order valence-corrected chi connectivity index (χ3v) is 5.67. The number of hydrazine groups is 1. The highest BCUT2D eigenvalue weighted by Crippen LogP contribution is 2.23. The SMILES string of the molecule is Cc1nccn1-c1cc(N2CCC(C(=O)NN3CCN(C)CC3)CC2)ncn1. The largest absolute Gasteiger partial charge is 0.356 e. The number of anilines is 1. The summed E-state index contributed by atoms with van der Waals surface area (Å²) in [6.07, 6.45) is 6.93. The monoisotopic (exact) mass is 384 g/mol. The highest BCUT2D eigenvalue weighted by molar-refractivity contribution is 5.78. The summed E-state index contributed by atoms with van der Waals surface area (Å²) in [6.45, 7) is 7.35. The number of rotatable bonds is 4. The minimum Gasteiger partial charge on any atom is -0.356 e. The fraction of sp³-hybridized carbons (Fsp3) is 0.579. The zero-order chi connectivity index (χ0) is 19.5. The Morgan fingerprint density at radius 3 is 2.43 bits per heavy atom. The van der Waals surface area contributed by atoms with E-state index in [4.69, 9.17) is 0 Å². The molecule has 2 aliphatic rings. The number of hydrogen-bond acceptors (Lipinski definition) is 7. The summed E-state index contributed by atoms with van der Waals surface area (Å²) < 4.78 is 1.95. The third kappa shape index (κ3) is 4.15. The second kappa shape index (κ2) is 8.24. The molecule has 9 nitrogen and oxygen atoms in total. The van der Waals surface area contributed by atoms with Crippen molar-refractivity contribution in [3.63, 3.8) is 0 Å². The number of likely N-dealkylation sites (N-methyl/N-ethyl adjacent to an activating group) is 1. The van der Waals surface area contributed by atoms with E-state index in [1.54, 1.807) is 12.5 Å². The molecule has 9 heteroatoms. The first-order valence-electron chi connectivity index (χ1n) is 9.91. The van der Waals surface area contributed by atoms with Crippen LogP contribution >= 0.6 is 0 Å². The molecular weight excluding hydrogens is 356 g/mol. The summed E-state index contributed by atoms with van der Waals surface area (Å²) in [5, 5.41) is 2.05. The lowest BCUT2D eigenvalue weighted by atomic mass is 9.96. The van der Waals surface area contributed by atoms with E-state index < -0.39 is 0 Å². The molecule has 0 bridgehead atoms. The number of aromatic nitrogens is 4. The van der Waals surface area contributed by atoms with Crippen molar-refractivity contribution in [1.82, 2.24) is 34.9 Å². The van der Waals surface area contributed by atoms with Gasteiger partial charge in [-0.05, 0) is 26.8 Å². The molecular formula is C19H28N8O. The standard InChI is InChI=1S/C19H28N8O/c1-15-20-5-8-27(15)18-13-17(21-14-22-18)25-6-3-16(4-7-25)19(28)23-26-11-9-24(2)10-12-26/h5,8,13-14,16H,3-4,6-7,9-12H2,1-2H3,(H,23,28). The van der Waals surface area contributed by atoms with Crippen molar-refractivity contribution in [2.24, 2.45) is 5.92 Å². The van der Waals surface area contributed by atoms with Crippen LogP contribution in [0, 0.1) is 12.8 Å². The molecule has 2 fully saturated rings. The molecule has 2 aliphatic heterocycles. The van der Waals surface area contributed by atoms with Crippen molar-refractivity contribution in [1.29, 1.82) is 0 Å². The number of nitrogens with zero attached hydrogens (tertiary/aromatic N) is 7. The highest BCUT2D eigenvalue weighted by Gasteiger charge is 2.27. The van der Waals surface area contributed by atoms with Crippen molar-refractivity contribution < 1.29 is 4.79 Å². The Morgan fingerprint density at radius 1 is 1.04 bits per heavy atom. The topological polar surface area (TPSA) is 82.4 Å². The molecule has 4 heterocycles. The molecule has 0 aliphatic carbocycles. The maximum Gasteiger partial charge on any atom is 0.237 e. The average molecular weight is 384 g/mol. The Bertz CT molecular complexity index is 806. The number of hydrogen-bond donors (Lipinski definition) is 1. The first kappa shape index (κ1) is 18.8. The predicted octanol–water partition coefficient (Wildman–Crippen LogP) is 0.466. The van der Waals surface area contributed by atoms with Gasteiger partial charge in [-0.1, -0.05) is 0 Å². The number of imidazole rings is 1. The second-order valence-electron chi connectivity index (χ2n) is 7.61. The molecule has 2 aromatic rings. The van der Waals surface area contributed by atoms with E-state index in [2.05, 4.69) is 42.2 Å². The Morgan fingerprint density at radius 2 is 1.75 bits per heavy atom. The van der Waals surface area contributed by atoms with E-state index in [0.29, 0.717) is 0 Å². The molecule has 1 N–H and O–H groups in total. The maximum atomic E-state index is 12.6. The number of piperazine rings is 1. The van der Waals surface area contributed by atoms with Gasteiger partial charge in [0.25, 0.3) is 0 Å². The zero-order valence-corrected chi connectivity index (χ0v) is 16.6. The fourth-order valence-corrected chi connectivity index (χ4v) is 3.80. The van der Waals surface area contributed by atoms with Gasteiger partial charge in [0.05, 0.1) is 0 Å². The van der Waals surface area contributed by atoms with Gasteiger partial charge in [-0.2, -0.15) is 0 Å². The number of nitrogens with one attached hydrogen (secondary N) is 1. The molecule has 0 atom stereocenters. The van der Waals surface area contributed by atoms with E-state index >= 15 is 0 Å². The summed E-state index contributed by atoms with van der Waals surface area (Å²) in [6, 6.07) is 1.99. The Hall–Kier alpha value is -2.52. The lowest BCUT2D eigenvalue weighted by Crippen LogP contribution is -2.54. The molecule has 2 saturated heterocycles. The zero-order valence-electron chi connectivity index (χ0n) is 16.6. The van der Waals surface area contributed by atoms with E-state index in [-0.39, 0.29) is 11.8 Å². The maximum absolute atomic E-state index is 12.6. The molecule has 2 aromatic heterocycles. The van der Waals surface area contributed by atoms with E-state index in [1.165, 1.54) is 0 Å². The van der Waals surface area contributed by atoms with Crippen LogP contribution in [0.15, 0.2) is 24.8 Å². The van der Waals surface area contributed by atoms with Crippen LogP contribution in [0.25, 0.3) is 5.82 Å². The third-order valence-electron chi connectivity index (χ3n) is 5.67. The van der Waals surface area contributed by atoms with Gasteiger partial charge >= 0.3 is 0 Å². The Kier molecular flexibility index (Phi) is 5.54. The molecule has 150 valence electrons. The second-order valence-corrected chi connectivity index (χ2v) is 7.61. The van der Waals surface area contributed by atoms with Gasteiger partial charge in [0.2, 0.25) is 5.91 Å². The van der Waals surface area contributed by atoms with Crippen molar-refractivity contribution in [2.75, 3.05) is 51.2 Å². The van der Waals surface area contributed by atoms with Crippen LogP contribution in [-0.2, 0) is 4.79 Å². The van der Waals surface area contributed by atoms with Crippen LogP contribution in [0.1, 0.15) is 18.7 Å². The molecule has 28 heavy (non-hydrogen) atoms. The van der Waals surface area contributed by atoms with Crippen LogP contribution in [0.4, 0.5) is 5.82 Å². The molecule has 1 amide bonds. The first-order valence-corrected chi connectivity index (χ1v) is 9.91. The number of aryl methyl sites for hydroxylation is 1. The fourth-order valence-electron chi connectivity index (χ4n) is 3.80. The van der Waals surface area contributed by atoms with Crippen molar-refractivity contribution in [3.8, 4) is 5.82 Å².